The maximum absolute atomic E-state index is 12.0. The summed E-state index contributed by atoms with van der Waals surface area (Å²) < 4.78 is 29.2. The predicted molar refractivity (Wildman–Crippen MR) is 60.5 cm³/mol. The van der Waals surface area contributed by atoms with E-state index >= 15 is 0 Å². The topological polar surface area (TPSA) is 103 Å². The molecule has 7 nitrogen and oxygen atoms in total. The monoisotopic (exact) mass is 259 g/mol. The molecule has 0 atom stereocenters. The molecule has 0 aliphatic rings. The number of anilines is 1. The number of likely N-dealkylation sites (N-methyl/N-ethyl adjacent to an activating group) is 1. The summed E-state index contributed by atoms with van der Waals surface area (Å²) in [5, 5.41) is 0. The van der Waals surface area contributed by atoms with Crippen LogP contribution >= 0.6 is 0 Å². The molecule has 1 aromatic rings. The number of sulfonamides is 1. The minimum absolute atomic E-state index is 0.107. The second-order valence-corrected chi connectivity index (χ2v) is 5.24. The zero-order valence-corrected chi connectivity index (χ0v) is 10.3. The number of nitrogens with zero attached hydrogens (tertiary/aromatic N) is 2. The van der Waals surface area contributed by atoms with E-state index in [-0.39, 0.29) is 17.3 Å². The molecule has 1 rings (SSSR count). The van der Waals surface area contributed by atoms with Gasteiger partial charge >= 0.3 is 5.97 Å². The van der Waals surface area contributed by atoms with Gasteiger partial charge in [-0.15, -0.1) is 0 Å². The first kappa shape index (κ1) is 13.4. The third kappa shape index (κ3) is 2.92. The highest BCUT2D eigenvalue weighted by atomic mass is 32.2. The molecule has 0 aromatic carbocycles. The van der Waals surface area contributed by atoms with Crippen molar-refractivity contribution in [3.63, 3.8) is 0 Å². The summed E-state index contributed by atoms with van der Waals surface area (Å²) in [4.78, 5) is 14.6. The van der Waals surface area contributed by atoms with Gasteiger partial charge in [0.15, 0.2) is 0 Å². The predicted octanol–water partition coefficient (Wildman–Crippen LogP) is -0.543. The van der Waals surface area contributed by atoms with Crippen LogP contribution in [0.4, 0.5) is 5.82 Å². The lowest BCUT2D eigenvalue weighted by Crippen LogP contribution is -2.33. The number of aromatic nitrogens is 1. The van der Waals surface area contributed by atoms with E-state index in [4.69, 9.17) is 5.73 Å². The molecule has 0 amide bonds. The largest absolute Gasteiger partial charge is 0.468 e. The molecule has 0 bridgehead atoms. The smallest absolute Gasteiger partial charge is 0.321 e. The molecule has 94 valence electrons. The van der Waals surface area contributed by atoms with Crippen molar-refractivity contribution in [2.75, 3.05) is 26.4 Å². The number of hydrogen-bond donors (Lipinski definition) is 1. The van der Waals surface area contributed by atoms with E-state index in [9.17, 15) is 13.2 Å². The van der Waals surface area contributed by atoms with Gasteiger partial charge in [-0.25, -0.2) is 13.4 Å². The molecule has 0 saturated heterocycles. The normalized spacial score (nSPS) is 11.5. The minimum atomic E-state index is -3.83. The molecule has 0 fully saturated rings. The van der Waals surface area contributed by atoms with Gasteiger partial charge in [0.25, 0.3) is 0 Å². The molecule has 2 N–H and O–H groups in total. The molecule has 1 heterocycles. The van der Waals surface area contributed by atoms with Gasteiger partial charge in [0.2, 0.25) is 10.0 Å². The molecule has 0 saturated carbocycles. The number of hydrogen-bond acceptors (Lipinski definition) is 6. The molecule has 0 radical (unpaired) electrons. The summed E-state index contributed by atoms with van der Waals surface area (Å²) in [5.74, 6) is -0.761. The number of rotatable bonds is 4. The highest BCUT2D eigenvalue weighted by Crippen LogP contribution is 2.18. The number of methoxy groups -OCH3 is 1. The molecule has 17 heavy (non-hydrogen) atoms. The molecule has 0 aliphatic heterocycles. The second kappa shape index (κ2) is 5.11. The van der Waals surface area contributed by atoms with E-state index in [0.717, 1.165) is 4.31 Å². The number of carbonyl (C=O) groups is 1. The summed E-state index contributed by atoms with van der Waals surface area (Å²) in [6, 6.07) is 2.78. The van der Waals surface area contributed by atoms with Crippen molar-refractivity contribution in [2.24, 2.45) is 0 Å². The van der Waals surface area contributed by atoms with Crippen LogP contribution in [0.1, 0.15) is 0 Å². The average Bonchev–Trinajstić information content (AvgIpc) is 2.29. The van der Waals surface area contributed by atoms with Gasteiger partial charge in [0.1, 0.15) is 17.3 Å². The fraction of sp³-hybridized carbons (Fsp3) is 0.333. The van der Waals surface area contributed by atoms with Gasteiger partial charge in [0, 0.05) is 13.2 Å². The van der Waals surface area contributed by atoms with E-state index in [2.05, 4.69) is 9.72 Å². The third-order valence-electron chi connectivity index (χ3n) is 2.07. The first-order valence-corrected chi connectivity index (χ1v) is 6.07. The fourth-order valence-corrected chi connectivity index (χ4v) is 2.30. The fourth-order valence-electron chi connectivity index (χ4n) is 1.12. The number of carbonyl (C=O) groups excluding carboxylic acids is 1. The van der Waals surface area contributed by atoms with Gasteiger partial charge in [-0.05, 0) is 12.1 Å². The van der Waals surface area contributed by atoms with Gasteiger partial charge in [-0.1, -0.05) is 0 Å². The lowest BCUT2D eigenvalue weighted by atomic mass is 10.5. The summed E-state index contributed by atoms with van der Waals surface area (Å²) in [6.07, 6.45) is 1.38. The van der Waals surface area contributed by atoms with Crippen LogP contribution < -0.4 is 5.73 Å². The molecule has 8 heteroatoms. The van der Waals surface area contributed by atoms with Crippen molar-refractivity contribution in [2.45, 2.75) is 4.90 Å². The standard InChI is InChI=1S/C9H13N3O4S/c1-12(6-8(13)16-2)17(14,15)7-4-3-5-11-9(7)10/h3-5H,6H2,1-2H3,(H2,10,11). The molecule has 1 aromatic heterocycles. The molecule has 0 aliphatic carbocycles. The molecule has 0 spiro atoms. The summed E-state index contributed by atoms with van der Waals surface area (Å²) >= 11 is 0. The van der Waals surface area contributed by atoms with E-state index in [1.807, 2.05) is 0 Å². The first-order valence-electron chi connectivity index (χ1n) is 4.63. The van der Waals surface area contributed by atoms with Crippen molar-refractivity contribution in [1.82, 2.24) is 9.29 Å². The van der Waals surface area contributed by atoms with E-state index < -0.39 is 16.0 Å². The van der Waals surface area contributed by atoms with E-state index in [1.165, 1.54) is 32.5 Å². The zero-order valence-electron chi connectivity index (χ0n) is 9.45. The van der Waals surface area contributed by atoms with Crippen molar-refractivity contribution in [1.29, 1.82) is 0 Å². The maximum atomic E-state index is 12.0. The Morgan fingerprint density at radius 3 is 2.76 bits per heavy atom. The minimum Gasteiger partial charge on any atom is -0.468 e. The summed E-state index contributed by atoms with van der Waals surface area (Å²) in [6.45, 7) is -0.382. The van der Waals surface area contributed by atoms with Crippen LogP contribution in [0.2, 0.25) is 0 Å². The van der Waals surface area contributed by atoms with Crippen molar-refractivity contribution in [3.05, 3.63) is 18.3 Å². The van der Waals surface area contributed by atoms with Crippen molar-refractivity contribution < 1.29 is 17.9 Å². The summed E-state index contributed by atoms with van der Waals surface area (Å²) in [7, 11) is -1.39. The molecular weight excluding hydrogens is 246 g/mol. The number of esters is 1. The third-order valence-corrected chi connectivity index (χ3v) is 3.92. The molecular formula is C9H13N3O4S. The van der Waals surface area contributed by atoms with Gasteiger partial charge in [-0.2, -0.15) is 4.31 Å². The average molecular weight is 259 g/mol. The second-order valence-electron chi connectivity index (χ2n) is 3.22. The lowest BCUT2D eigenvalue weighted by molar-refractivity contribution is -0.140. The van der Waals surface area contributed by atoms with Crippen LogP contribution in [-0.2, 0) is 19.6 Å². The Morgan fingerprint density at radius 2 is 2.24 bits per heavy atom. The van der Waals surface area contributed by atoms with Crippen molar-refractivity contribution in [3.8, 4) is 0 Å². The zero-order chi connectivity index (χ0) is 13.1. The van der Waals surface area contributed by atoms with E-state index in [1.54, 1.807) is 0 Å². The Hall–Kier alpha value is -1.67. The van der Waals surface area contributed by atoms with Crippen LogP contribution in [0.25, 0.3) is 0 Å². The van der Waals surface area contributed by atoms with Gasteiger partial charge in [0.05, 0.1) is 7.11 Å². The Labute approximate surface area is 99.2 Å². The lowest BCUT2D eigenvalue weighted by Gasteiger charge is -2.16. The van der Waals surface area contributed by atoms with Crippen molar-refractivity contribution >= 4 is 21.8 Å². The van der Waals surface area contributed by atoms with E-state index in [0.29, 0.717) is 0 Å². The highest BCUT2D eigenvalue weighted by molar-refractivity contribution is 7.89. The number of pyridine rings is 1. The molecule has 0 unspecified atom stereocenters. The number of ether oxygens (including phenoxy) is 1. The number of nitrogens with two attached hydrogens (primary N) is 1. The Bertz CT molecular complexity index is 515. The van der Waals surface area contributed by atoms with Crippen LogP contribution in [0, 0.1) is 0 Å². The van der Waals surface area contributed by atoms with Gasteiger partial charge in [-0.3, -0.25) is 4.79 Å². The summed E-state index contributed by atoms with van der Waals surface area (Å²) in [5.41, 5.74) is 5.47. The number of nitrogen functional groups attached to an aromatic ring is 1. The Kier molecular flexibility index (Phi) is 4.02. The Morgan fingerprint density at radius 1 is 1.59 bits per heavy atom. The highest BCUT2D eigenvalue weighted by Gasteiger charge is 2.25. The van der Waals surface area contributed by atoms with Crippen LogP contribution in [0.15, 0.2) is 23.2 Å². The van der Waals surface area contributed by atoms with Crippen LogP contribution in [-0.4, -0.2) is 44.4 Å². The Balaban J connectivity index is 3.04. The van der Waals surface area contributed by atoms with Crippen LogP contribution in [0.5, 0.6) is 0 Å². The maximum Gasteiger partial charge on any atom is 0.321 e. The first-order chi connectivity index (χ1) is 7.89. The van der Waals surface area contributed by atoms with Gasteiger partial charge < -0.3 is 10.5 Å². The SMILES string of the molecule is COC(=O)CN(C)S(=O)(=O)c1cccnc1N. The quantitative estimate of drug-likeness (QED) is 0.728. The van der Waals surface area contributed by atoms with Crippen LogP contribution in [0.3, 0.4) is 0 Å².